The lowest BCUT2D eigenvalue weighted by Gasteiger charge is -2.15. The molecule has 0 radical (unpaired) electrons. The van der Waals surface area contributed by atoms with Crippen LogP contribution in [0.15, 0.2) is 42.5 Å². The summed E-state index contributed by atoms with van der Waals surface area (Å²) in [6.07, 6.45) is 20.7. The number of carbonyl (C=O) groups excluding carboxylic acids is 1. The lowest BCUT2D eigenvalue weighted by molar-refractivity contribution is -0.145. The number of hydrogen-bond donors (Lipinski definition) is 2. The number of methoxy groups -OCH3 is 1. The van der Waals surface area contributed by atoms with Crippen LogP contribution < -0.4 is 9.47 Å². The van der Waals surface area contributed by atoms with Gasteiger partial charge in [0.15, 0.2) is 11.5 Å². The smallest absolute Gasteiger partial charge is 0.306 e. The summed E-state index contributed by atoms with van der Waals surface area (Å²) in [5.74, 6) is 0.595. The zero-order valence-electron chi connectivity index (χ0n) is 24.2. The van der Waals surface area contributed by atoms with Crippen molar-refractivity contribution in [1.82, 2.24) is 0 Å². The zero-order valence-corrected chi connectivity index (χ0v) is 24.2. The molecule has 2 N–H and O–H groups in total. The molecule has 0 aliphatic heterocycles. The van der Waals surface area contributed by atoms with Crippen molar-refractivity contribution in [3.05, 3.63) is 53.6 Å². The third-order valence-corrected chi connectivity index (χ3v) is 6.64. The molecule has 6 heteroatoms. The van der Waals surface area contributed by atoms with Crippen LogP contribution in [0.25, 0.3) is 0 Å². The molecule has 0 saturated carbocycles. The van der Waals surface area contributed by atoms with Gasteiger partial charge in [0.25, 0.3) is 0 Å². The van der Waals surface area contributed by atoms with Crippen LogP contribution in [0, 0.1) is 6.92 Å². The number of phenolic OH excluding ortho intramolecular Hbond substituents is 2. The molecule has 0 aliphatic rings. The van der Waals surface area contributed by atoms with E-state index in [-0.39, 0.29) is 29.8 Å². The van der Waals surface area contributed by atoms with Crippen LogP contribution in [-0.4, -0.2) is 23.3 Å². The molecule has 39 heavy (non-hydrogen) atoms. The first kappa shape index (κ1) is 32.1. The first-order valence-corrected chi connectivity index (χ1v) is 14.6. The molecule has 0 atom stereocenters. The molecule has 2 aromatic carbocycles. The van der Waals surface area contributed by atoms with E-state index in [2.05, 4.69) is 19.1 Å². The van der Waals surface area contributed by atoms with Crippen LogP contribution in [0.4, 0.5) is 0 Å². The number of esters is 1. The molecule has 0 saturated heterocycles. The van der Waals surface area contributed by atoms with Crippen LogP contribution in [0.3, 0.4) is 0 Å². The van der Waals surface area contributed by atoms with E-state index in [9.17, 15) is 15.0 Å². The molecular weight excluding hydrogens is 492 g/mol. The van der Waals surface area contributed by atoms with Gasteiger partial charge in [-0.05, 0) is 62.8 Å². The average Bonchev–Trinajstić information content (AvgIpc) is 2.90. The van der Waals surface area contributed by atoms with E-state index in [1.165, 1.54) is 77.0 Å². The Hall–Kier alpha value is -3.15. The Bertz CT molecular complexity index is 993. The van der Waals surface area contributed by atoms with E-state index in [0.29, 0.717) is 23.5 Å². The Morgan fingerprint density at radius 2 is 1.44 bits per heavy atom. The number of phenols is 2. The molecule has 0 heterocycles. The minimum Gasteiger partial charge on any atom is -0.508 e. The maximum atomic E-state index is 12.3. The van der Waals surface area contributed by atoms with Crippen molar-refractivity contribution >= 4 is 5.97 Å². The van der Waals surface area contributed by atoms with Crippen molar-refractivity contribution in [2.75, 3.05) is 7.11 Å². The van der Waals surface area contributed by atoms with Crippen molar-refractivity contribution in [2.45, 2.75) is 110 Å². The molecule has 0 fully saturated rings. The molecule has 2 rings (SSSR count). The molecule has 0 spiro atoms. The Morgan fingerprint density at radius 3 is 2.08 bits per heavy atom. The van der Waals surface area contributed by atoms with E-state index in [4.69, 9.17) is 14.2 Å². The van der Waals surface area contributed by atoms with Gasteiger partial charge < -0.3 is 24.4 Å². The Balaban J connectivity index is 1.66. The number of hydrogen-bond acceptors (Lipinski definition) is 6. The fourth-order valence-electron chi connectivity index (χ4n) is 4.46. The molecule has 0 aromatic heterocycles. The van der Waals surface area contributed by atoms with Gasteiger partial charge in [0.1, 0.15) is 23.9 Å². The summed E-state index contributed by atoms with van der Waals surface area (Å²) in [6, 6.07) is 7.91. The first-order valence-electron chi connectivity index (χ1n) is 14.6. The van der Waals surface area contributed by atoms with Gasteiger partial charge in [0.2, 0.25) is 0 Å². The summed E-state index contributed by atoms with van der Waals surface area (Å²) >= 11 is 0. The van der Waals surface area contributed by atoms with Crippen molar-refractivity contribution < 1.29 is 29.2 Å². The van der Waals surface area contributed by atoms with Crippen molar-refractivity contribution in [3.8, 4) is 28.7 Å². The molecule has 0 aliphatic carbocycles. The van der Waals surface area contributed by atoms with E-state index < -0.39 is 0 Å². The fourth-order valence-corrected chi connectivity index (χ4v) is 4.46. The number of benzene rings is 2. The van der Waals surface area contributed by atoms with Gasteiger partial charge >= 0.3 is 5.97 Å². The fraction of sp³-hybridized carbons (Fsp3) is 0.545. The summed E-state index contributed by atoms with van der Waals surface area (Å²) < 4.78 is 16.6. The standard InChI is InChI=1S/C33H48O6/c1-4-5-6-7-8-9-10-11-12-13-14-15-16-17-18-19-32(36)38-25-27-22-29(37-3)24-31(35)33(27)39-30-21-26(2)20-28(34)23-30/h11-12,20-24,34-35H,4-10,13-19,25H2,1-3H3/b12-11-. The number of carbonyl (C=O) groups is 1. The second kappa shape index (κ2) is 19.0. The number of unbranched alkanes of at least 4 members (excludes halogenated alkanes) is 11. The monoisotopic (exact) mass is 540 g/mol. The third kappa shape index (κ3) is 13.5. The van der Waals surface area contributed by atoms with E-state index in [1.807, 2.05) is 6.92 Å². The maximum Gasteiger partial charge on any atom is 0.306 e. The molecule has 0 bridgehead atoms. The average molecular weight is 541 g/mol. The second-order valence-corrected chi connectivity index (χ2v) is 10.2. The minimum atomic E-state index is -0.283. The summed E-state index contributed by atoms with van der Waals surface area (Å²) in [5, 5.41) is 20.4. The predicted molar refractivity (Wildman–Crippen MR) is 157 cm³/mol. The second-order valence-electron chi connectivity index (χ2n) is 10.2. The molecule has 6 nitrogen and oxygen atoms in total. The number of aromatic hydroxyl groups is 2. The highest BCUT2D eigenvalue weighted by Crippen LogP contribution is 2.39. The topological polar surface area (TPSA) is 85.2 Å². The highest BCUT2D eigenvalue weighted by molar-refractivity contribution is 5.69. The van der Waals surface area contributed by atoms with Crippen LogP contribution in [-0.2, 0) is 16.1 Å². The highest BCUT2D eigenvalue weighted by Gasteiger charge is 2.16. The van der Waals surface area contributed by atoms with Crippen molar-refractivity contribution in [1.29, 1.82) is 0 Å². The van der Waals surface area contributed by atoms with Gasteiger partial charge in [0.05, 0.1) is 7.11 Å². The van der Waals surface area contributed by atoms with Gasteiger partial charge in [-0.2, -0.15) is 0 Å². The summed E-state index contributed by atoms with van der Waals surface area (Å²) in [6.45, 7) is 4.03. The highest BCUT2D eigenvalue weighted by atomic mass is 16.5. The Kier molecular flexibility index (Phi) is 15.6. The maximum absolute atomic E-state index is 12.3. The predicted octanol–water partition coefficient (Wildman–Crippen LogP) is 9.29. The van der Waals surface area contributed by atoms with Crippen LogP contribution in [0.1, 0.15) is 108 Å². The van der Waals surface area contributed by atoms with Crippen LogP contribution in [0.2, 0.25) is 0 Å². The first-order chi connectivity index (χ1) is 18.9. The van der Waals surface area contributed by atoms with Gasteiger partial charge in [-0.15, -0.1) is 0 Å². The normalized spacial score (nSPS) is 11.2. The van der Waals surface area contributed by atoms with Gasteiger partial charge in [-0.3, -0.25) is 4.79 Å². The Labute approximate surface area is 235 Å². The van der Waals surface area contributed by atoms with E-state index in [0.717, 1.165) is 31.2 Å². The van der Waals surface area contributed by atoms with E-state index in [1.54, 1.807) is 18.2 Å². The molecule has 0 unspecified atom stereocenters. The summed E-state index contributed by atoms with van der Waals surface area (Å²) in [5.41, 5.74) is 1.29. The van der Waals surface area contributed by atoms with Crippen molar-refractivity contribution in [2.24, 2.45) is 0 Å². The Morgan fingerprint density at radius 1 is 0.795 bits per heavy atom. The SMILES string of the molecule is CCCCCCCC/C=C\CCCCCCCC(=O)OCc1cc(OC)cc(O)c1Oc1cc(C)cc(O)c1. The molecule has 216 valence electrons. The molecule has 2 aromatic rings. The number of allylic oxidation sites excluding steroid dienone is 2. The summed E-state index contributed by atoms with van der Waals surface area (Å²) in [7, 11) is 1.50. The number of aryl methyl sites for hydroxylation is 1. The molecular formula is C33H48O6. The van der Waals surface area contributed by atoms with Gasteiger partial charge in [-0.25, -0.2) is 0 Å². The van der Waals surface area contributed by atoms with Crippen LogP contribution in [0.5, 0.6) is 28.7 Å². The zero-order chi connectivity index (χ0) is 28.3. The quantitative estimate of drug-likeness (QED) is 0.0989. The lowest BCUT2D eigenvalue weighted by atomic mass is 10.1. The van der Waals surface area contributed by atoms with Crippen molar-refractivity contribution in [3.63, 3.8) is 0 Å². The number of ether oxygens (including phenoxy) is 3. The van der Waals surface area contributed by atoms with Crippen LogP contribution >= 0.6 is 0 Å². The van der Waals surface area contributed by atoms with Gasteiger partial charge in [-0.1, -0.05) is 70.4 Å². The minimum absolute atomic E-state index is 0.0538. The third-order valence-electron chi connectivity index (χ3n) is 6.64. The number of rotatable bonds is 20. The summed E-state index contributed by atoms with van der Waals surface area (Å²) in [4.78, 5) is 12.3. The molecule has 0 amide bonds. The largest absolute Gasteiger partial charge is 0.508 e. The van der Waals surface area contributed by atoms with Gasteiger partial charge in [0, 0.05) is 24.1 Å². The van der Waals surface area contributed by atoms with E-state index >= 15 is 0 Å². The lowest BCUT2D eigenvalue weighted by Crippen LogP contribution is -2.05.